The van der Waals surface area contributed by atoms with E-state index in [4.69, 9.17) is 4.74 Å². The summed E-state index contributed by atoms with van der Waals surface area (Å²) in [4.78, 5) is 7.73. The Hall–Kier alpha value is -2.11. The molecular formula is C14H13F3N2O. The van der Waals surface area contributed by atoms with Crippen LogP contribution in [0.25, 0.3) is 11.4 Å². The molecule has 0 saturated heterocycles. The van der Waals surface area contributed by atoms with Crippen LogP contribution in [0.2, 0.25) is 0 Å². The summed E-state index contributed by atoms with van der Waals surface area (Å²) in [6.07, 6.45) is -0.945. The SMILES string of the molecule is CCCOc1ccc(-c2ncccn2)c(C(F)(F)F)c1. The minimum atomic E-state index is -4.49. The van der Waals surface area contributed by atoms with Crippen LogP contribution >= 0.6 is 0 Å². The van der Waals surface area contributed by atoms with Gasteiger partial charge in [0.15, 0.2) is 5.82 Å². The minimum absolute atomic E-state index is 0.0434. The number of hydrogen-bond acceptors (Lipinski definition) is 3. The molecule has 0 N–H and O–H groups in total. The van der Waals surface area contributed by atoms with Gasteiger partial charge in [-0.3, -0.25) is 0 Å². The van der Waals surface area contributed by atoms with E-state index in [1.54, 1.807) is 6.07 Å². The van der Waals surface area contributed by atoms with Gasteiger partial charge in [-0.15, -0.1) is 0 Å². The van der Waals surface area contributed by atoms with Crippen molar-refractivity contribution in [2.24, 2.45) is 0 Å². The van der Waals surface area contributed by atoms with Gasteiger partial charge in [0.05, 0.1) is 12.2 Å². The van der Waals surface area contributed by atoms with Gasteiger partial charge in [-0.2, -0.15) is 13.2 Å². The lowest BCUT2D eigenvalue weighted by molar-refractivity contribution is -0.137. The van der Waals surface area contributed by atoms with E-state index in [0.717, 1.165) is 12.5 Å². The Morgan fingerprint density at radius 3 is 2.45 bits per heavy atom. The molecule has 6 heteroatoms. The first kappa shape index (κ1) is 14.3. The molecule has 0 amide bonds. The van der Waals surface area contributed by atoms with Crippen molar-refractivity contribution in [1.82, 2.24) is 9.97 Å². The van der Waals surface area contributed by atoms with Gasteiger partial charge >= 0.3 is 6.18 Å². The Labute approximate surface area is 114 Å². The van der Waals surface area contributed by atoms with Crippen molar-refractivity contribution < 1.29 is 17.9 Å². The van der Waals surface area contributed by atoms with E-state index in [0.29, 0.717) is 6.61 Å². The molecule has 0 aliphatic rings. The molecular weight excluding hydrogens is 269 g/mol. The molecule has 0 radical (unpaired) electrons. The number of rotatable bonds is 4. The zero-order chi connectivity index (χ0) is 14.6. The van der Waals surface area contributed by atoms with Crippen LogP contribution < -0.4 is 4.74 Å². The summed E-state index contributed by atoms with van der Waals surface area (Å²) in [7, 11) is 0. The van der Waals surface area contributed by atoms with Gasteiger partial charge < -0.3 is 4.74 Å². The quantitative estimate of drug-likeness (QED) is 0.851. The lowest BCUT2D eigenvalue weighted by atomic mass is 10.1. The Morgan fingerprint density at radius 2 is 1.85 bits per heavy atom. The van der Waals surface area contributed by atoms with E-state index < -0.39 is 11.7 Å². The lowest BCUT2D eigenvalue weighted by Gasteiger charge is -2.14. The zero-order valence-corrected chi connectivity index (χ0v) is 10.8. The zero-order valence-electron chi connectivity index (χ0n) is 10.8. The summed E-state index contributed by atoms with van der Waals surface area (Å²) < 4.78 is 44.6. The second-order valence-corrected chi connectivity index (χ2v) is 4.13. The molecule has 0 atom stereocenters. The molecule has 0 saturated carbocycles. The molecule has 0 unspecified atom stereocenters. The molecule has 0 bridgehead atoms. The summed E-state index contributed by atoms with van der Waals surface area (Å²) in [5.74, 6) is 0.237. The normalized spacial score (nSPS) is 11.4. The van der Waals surface area contributed by atoms with Crippen molar-refractivity contribution in [3.05, 3.63) is 42.2 Å². The van der Waals surface area contributed by atoms with E-state index in [1.165, 1.54) is 24.5 Å². The fourth-order valence-corrected chi connectivity index (χ4v) is 1.70. The van der Waals surface area contributed by atoms with Crippen molar-refractivity contribution >= 4 is 0 Å². The molecule has 0 spiro atoms. The number of aromatic nitrogens is 2. The largest absolute Gasteiger partial charge is 0.494 e. The Bertz CT molecular complexity index is 570. The number of alkyl halides is 3. The predicted octanol–water partition coefficient (Wildman–Crippen LogP) is 3.95. The van der Waals surface area contributed by atoms with Gasteiger partial charge in [0.2, 0.25) is 0 Å². The van der Waals surface area contributed by atoms with E-state index >= 15 is 0 Å². The monoisotopic (exact) mass is 282 g/mol. The summed E-state index contributed by atoms with van der Waals surface area (Å²) in [6, 6.07) is 5.37. The lowest BCUT2D eigenvalue weighted by Crippen LogP contribution is -2.09. The Morgan fingerprint density at radius 1 is 1.15 bits per heavy atom. The molecule has 3 nitrogen and oxygen atoms in total. The fourth-order valence-electron chi connectivity index (χ4n) is 1.70. The molecule has 1 aromatic heterocycles. The van der Waals surface area contributed by atoms with Crippen LogP contribution in [0.15, 0.2) is 36.7 Å². The first-order chi connectivity index (χ1) is 9.52. The third-order valence-electron chi connectivity index (χ3n) is 2.58. The van der Waals surface area contributed by atoms with Gasteiger partial charge in [0.1, 0.15) is 5.75 Å². The molecule has 0 aliphatic heterocycles. The molecule has 0 fully saturated rings. The maximum absolute atomic E-state index is 13.1. The van der Waals surface area contributed by atoms with Gasteiger partial charge in [0.25, 0.3) is 0 Å². The molecule has 2 rings (SSSR count). The van der Waals surface area contributed by atoms with Gasteiger partial charge in [-0.05, 0) is 30.7 Å². The van der Waals surface area contributed by atoms with Crippen molar-refractivity contribution in [3.63, 3.8) is 0 Å². The van der Waals surface area contributed by atoms with E-state index in [1.807, 2.05) is 6.92 Å². The van der Waals surface area contributed by atoms with Gasteiger partial charge in [-0.1, -0.05) is 6.92 Å². The Kier molecular flexibility index (Phi) is 4.22. The maximum Gasteiger partial charge on any atom is 0.417 e. The third-order valence-corrected chi connectivity index (χ3v) is 2.58. The number of benzene rings is 1. The second kappa shape index (κ2) is 5.90. The molecule has 1 heterocycles. The molecule has 2 aromatic rings. The predicted molar refractivity (Wildman–Crippen MR) is 68.3 cm³/mol. The average molecular weight is 282 g/mol. The number of hydrogen-bond donors (Lipinski definition) is 0. The second-order valence-electron chi connectivity index (χ2n) is 4.13. The molecule has 106 valence electrons. The van der Waals surface area contributed by atoms with Crippen molar-refractivity contribution in [2.75, 3.05) is 6.61 Å². The fraction of sp³-hybridized carbons (Fsp3) is 0.286. The van der Waals surface area contributed by atoms with Crippen LogP contribution in [0, 0.1) is 0 Å². The number of nitrogens with zero attached hydrogens (tertiary/aromatic N) is 2. The number of halogens is 3. The van der Waals surface area contributed by atoms with E-state index in [-0.39, 0.29) is 17.1 Å². The summed E-state index contributed by atoms with van der Waals surface area (Å²) in [6.45, 7) is 2.26. The van der Waals surface area contributed by atoms with E-state index in [2.05, 4.69) is 9.97 Å². The van der Waals surface area contributed by atoms with Crippen LogP contribution in [-0.4, -0.2) is 16.6 Å². The summed E-state index contributed by atoms with van der Waals surface area (Å²) in [5.41, 5.74) is -0.848. The summed E-state index contributed by atoms with van der Waals surface area (Å²) >= 11 is 0. The van der Waals surface area contributed by atoms with Crippen LogP contribution in [0.4, 0.5) is 13.2 Å². The highest BCUT2D eigenvalue weighted by Crippen LogP contribution is 2.37. The highest BCUT2D eigenvalue weighted by molar-refractivity contribution is 5.62. The van der Waals surface area contributed by atoms with Crippen LogP contribution in [0.5, 0.6) is 5.75 Å². The van der Waals surface area contributed by atoms with Crippen LogP contribution in [0.3, 0.4) is 0 Å². The smallest absolute Gasteiger partial charge is 0.417 e. The van der Waals surface area contributed by atoms with Gasteiger partial charge in [-0.25, -0.2) is 9.97 Å². The van der Waals surface area contributed by atoms with Crippen LogP contribution in [0.1, 0.15) is 18.9 Å². The summed E-state index contributed by atoms with van der Waals surface area (Å²) in [5, 5.41) is 0. The number of ether oxygens (including phenoxy) is 1. The minimum Gasteiger partial charge on any atom is -0.494 e. The Balaban J connectivity index is 2.47. The molecule has 1 aromatic carbocycles. The van der Waals surface area contributed by atoms with Crippen molar-refractivity contribution in [1.29, 1.82) is 0 Å². The highest BCUT2D eigenvalue weighted by Gasteiger charge is 2.34. The first-order valence-electron chi connectivity index (χ1n) is 6.14. The molecule has 0 aliphatic carbocycles. The average Bonchev–Trinajstić information content (AvgIpc) is 2.45. The van der Waals surface area contributed by atoms with Crippen molar-refractivity contribution in [3.8, 4) is 17.1 Å². The van der Waals surface area contributed by atoms with E-state index in [9.17, 15) is 13.2 Å². The maximum atomic E-state index is 13.1. The molecule has 20 heavy (non-hydrogen) atoms. The highest BCUT2D eigenvalue weighted by atomic mass is 19.4. The van der Waals surface area contributed by atoms with Crippen molar-refractivity contribution in [2.45, 2.75) is 19.5 Å². The van der Waals surface area contributed by atoms with Gasteiger partial charge in [0, 0.05) is 18.0 Å². The third kappa shape index (κ3) is 3.26. The standard InChI is InChI=1S/C14H13F3N2O/c1-2-8-20-10-4-5-11(12(9-10)14(15,16)17)13-18-6-3-7-19-13/h3-7,9H,2,8H2,1H3. The first-order valence-corrected chi connectivity index (χ1v) is 6.14. The topological polar surface area (TPSA) is 35.0 Å². The van der Waals surface area contributed by atoms with Crippen LogP contribution in [-0.2, 0) is 6.18 Å².